The normalized spacial score (nSPS) is 13.2. The van der Waals surface area contributed by atoms with Crippen LogP contribution in [0.5, 0.6) is 0 Å². The SMILES string of the molecule is NC1=c2nccc(F)c2=CNc2sccc21. The number of anilines is 1. The van der Waals surface area contributed by atoms with Crippen LogP contribution < -0.4 is 21.6 Å². The molecule has 3 N–H and O–H groups in total. The molecule has 0 unspecified atom stereocenters. The van der Waals surface area contributed by atoms with E-state index in [2.05, 4.69) is 10.3 Å². The lowest BCUT2D eigenvalue weighted by Gasteiger charge is -1.99. The van der Waals surface area contributed by atoms with Gasteiger partial charge in [-0.2, -0.15) is 0 Å². The van der Waals surface area contributed by atoms with Gasteiger partial charge >= 0.3 is 0 Å². The highest BCUT2D eigenvalue weighted by molar-refractivity contribution is 7.14. The molecule has 0 saturated heterocycles. The van der Waals surface area contributed by atoms with Gasteiger partial charge in [0.25, 0.3) is 0 Å². The van der Waals surface area contributed by atoms with Crippen molar-refractivity contribution in [2.24, 2.45) is 5.73 Å². The number of rotatable bonds is 0. The maximum Gasteiger partial charge on any atom is 0.135 e. The van der Waals surface area contributed by atoms with Crippen LogP contribution in [-0.4, -0.2) is 4.98 Å². The molecule has 0 aliphatic carbocycles. The second-order valence-corrected chi connectivity index (χ2v) is 4.34. The second-order valence-electron chi connectivity index (χ2n) is 3.42. The van der Waals surface area contributed by atoms with Crippen molar-refractivity contribution in [3.8, 4) is 0 Å². The Morgan fingerprint density at radius 2 is 2.25 bits per heavy atom. The minimum atomic E-state index is -0.324. The average molecular weight is 233 g/mol. The standard InChI is InChI=1S/C11H8FN3S/c12-8-1-3-14-10-7(8)5-15-11-6(9(10)13)2-4-16-11/h1-5,15H,13H2. The summed E-state index contributed by atoms with van der Waals surface area (Å²) in [6.07, 6.45) is 3.03. The van der Waals surface area contributed by atoms with Gasteiger partial charge in [-0.05, 0) is 17.5 Å². The summed E-state index contributed by atoms with van der Waals surface area (Å²) in [5, 5.41) is 6.79. The molecular formula is C11H8FN3S. The highest BCUT2D eigenvalue weighted by Crippen LogP contribution is 2.26. The summed E-state index contributed by atoms with van der Waals surface area (Å²) in [5.74, 6) is -0.324. The molecule has 1 aliphatic heterocycles. The molecule has 3 nitrogen and oxygen atoms in total. The van der Waals surface area contributed by atoms with Gasteiger partial charge < -0.3 is 11.1 Å². The maximum absolute atomic E-state index is 13.6. The van der Waals surface area contributed by atoms with Crippen LogP contribution in [0.1, 0.15) is 5.56 Å². The quantitative estimate of drug-likeness (QED) is 0.699. The van der Waals surface area contributed by atoms with Crippen molar-refractivity contribution in [1.82, 2.24) is 4.98 Å². The third-order valence-corrected chi connectivity index (χ3v) is 3.34. The van der Waals surface area contributed by atoms with Crippen LogP contribution in [0, 0.1) is 5.82 Å². The van der Waals surface area contributed by atoms with Crippen molar-refractivity contribution in [2.75, 3.05) is 5.32 Å². The monoisotopic (exact) mass is 233 g/mol. The Balaban J connectivity index is 2.49. The molecule has 2 aromatic heterocycles. The highest BCUT2D eigenvalue weighted by atomic mass is 32.1. The first-order chi connectivity index (χ1) is 7.77. The van der Waals surface area contributed by atoms with E-state index >= 15 is 0 Å². The van der Waals surface area contributed by atoms with Gasteiger partial charge in [-0.3, -0.25) is 4.98 Å². The van der Waals surface area contributed by atoms with Gasteiger partial charge in [-0.25, -0.2) is 4.39 Å². The Morgan fingerprint density at radius 3 is 3.12 bits per heavy atom. The van der Waals surface area contributed by atoms with Crippen LogP contribution in [0.4, 0.5) is 9.39 Å². The lowest BCUT2D eigenvalue weighted by molar-refractivity contribution is 0.613. The number of nitrogens with zero attached hydrogens (tertiary/aromatic N) is 1. The number of aromatic nitrogens is 1. The summed E-state index contributed by atoms with van der Waals surface area (Å²) >= 11 is 1.53. The van der Waals surface area contributed by atoms with E-state index in [0.717, 1.165) is 10.6 Å². The fraction of sp³-hybridized carbons (Fsp3) is 0. The predicted molar refractivity (Wildman–Crippen MR) is 62.5 cm³/mol. The third-order valence-electron chi connectivity index (χ3n) is 2.50. The van der Waals surface area contributed by atoms with Gasteiger partial charge in [-0.1, -0.05) is 0 Å². The lowest BCUT2D eigenvalue weighted by Crippen LogP contribution is -2.35. The van der Waals surface area contributed by atoms with Gasteiger partial charge in [0.2, 0.25) is 0 Å². The molecule has 0 spiro atoms. The number of hydrogen-bond donors (Lipinski definition) is 2. The molecule has 2 aromatic rings. The number of fused-ring (bicyclic) bond motifs is 2. The van der Waals surface area contributed by atoms with Gasteiger partial charge in [-0.15, -0.1) is 11.3 Å². The van der Waals surface area contributed by atoms with E-state index in [1.165, 1.54) is 23.6 Å². The largest absolute Gasteiger partial charge is 0.396 e. The molecule has 0 bridgehead atoms. The molecule has 0 fully saturated rings. The van der Waals surface area contributed by atoms with Gasteiger partial charge in [0, 0.05) is 18.0 Å². The van der Waals surface area contributed by atoms with E-state index in [0.29, 0.717) is 16.3 Å². The van der Waals surface area contributed by atoms with E-state index in [9.17, 15) is 4.39 Å². The molecule has 1 aliphatic rings. The van der Waals surface area contributed by atoms with Crippen LogP contribution in [0.15, 0.2) is 23.7 Å². The van der Waals surface area contributed by atoms with Crippen molar-refractivity contribution >= 4 is 28.2 Å². The van der Waals surface area contributed by atoms with Crippen molar-refractivity contribution < 1.29 is 4.39 Å². The molecule has 3 heterocycles. The molecule has 0 atom stereocenters. The Hall–Kier alpha value is -1.88. The van der Waals surface area contributed by atoms with Crippen LogP contribution in [0.2, 0.25) is 0 Å². The van der Waals surface area contributed by atoms with E-state index < -0.39 is 0 Å². The Morgan fingerprint density at radius 1 is 1.38 bits per heavy atom. The number of halogens is 1. The first-order valence-electron chi connectivity index (χ1n) is 4.72. The van der Waals surface area contributed by atoms with Crippen LogP contribution in [0.25, 0.3) is 11.9 Å². The van der Waals surface area contributed by atoms with E-state index in [1.54, 1.807) is 6.20 Å². The van der Waals surface area contributed by atoms with Crippen LogP contribution in [0.3, 0.4) is 0 Å². The number of hydrogen-bond acceptors (Lipinski definition) is 4. The van der Waals surface area contributed by atoms with Gasteiger partial charge in [0.05, 0.1) is 16.3 Å². The average Bonchev–Trinajstić information content (AvgIpc) is 2.70. The van der Waals surface area contributed by atoms with Crippen LogP contribution >= 0.6 is 11.3 Å². The summed E-state index contributed by atoms with van der Waals surface area (Å²) in [7, 11) is 0. The molecule has 0 aromatic carbocycles. The fourth-order valence-corrected chi connectivity index (χ4v) is 2.47. The predicted octanol–water partition coefficient (Wildman–Crippen LogP) is 0.561. The van der Waals surface area contributed by atoms with E-state index in [4.69, 9.17) is 5.73 Å². The number of nitrogens with two attached hydrogens (primary N) is 1. The van der Waals surface area contributed by atoms with Crippen molar-refractivity contribution in [2.45, 2.75) is 0 Å². The summed E-state index contributed by atoms with van der Waals surface area (Å²) < 4.78 is 13.6. The summed E-state index contributed by atoms with van der Waals surface area (Å²) in [4.78, 5) is 4.13. The first kappa shape index (κ1) is 9.35. The zero-order valence-corrected chi connectivity index (χ0v) is 9.01. The lowest BCUT2D eigenvalue weighted by atomic mass is 10.2. The van der Waals surface area contributed by atoms with Gasteiger partial charge in [0.15, 0.2) is 0 Å². The molecule has 5 heteroatoms. The molecule has 16 heavy (non-hydrogen) atoms. The third kappa shape index (κ3) is 1.22. The topological polar surface area (TPSA) is 50.9 Å². The molecular weight excluding hydrogens is 225 g/mol. The summed E-state index contributed by atoms with van der Waals surface area (Å²) in [6.45, 7) is 0. The van der Waals surface area contributed by atoms with Gasteiger partial charge in [0.1, 0.15) is 10.8 Å². The highest BCUT2D eigenvalue weighted by Gasteiger charge is 2.11. The fourth-order valence-electron chi connectivity index (χ4n) is 1.70. The van der Waals surface area contributed by atoms with Crippen LogP contribution in [-0.2, 0) is 0 Å². The zero-order valence-electron chi connectivity index (χ0n) is 8.20. The first-order valence-corrected chi connectivity index (χ1v) is 5.60. The Labute approximate surface area is 94.7 Å². The molecule has 0 saturated carbocycles. The Kier molecular flexibility index (Phi) is 1.94. The van der Waals surface area contributed by atoms with E-state index in [-0.39, 0.29) is 5.82 Å². The number of pyridine rings is 1. The number of nitrogens with one attached hydrogen (secondary N) is 1. The molecule has 0 amide bonds. The van der Waals surface area contributed by atoms with Crippen molar-refractivity contribution in [3.05, 3.63) is 45.7 Å². The number of thiophene rings is 1. The van der Waals surface area contributed by atoms with E-state index in [1.807, 2.05) is 11.4 Å². The Bertz CT molecular complexity index is 675. The maximum atomic E-state index is 13.6. The molecule has 0 radical (unpaired) electrons. The zero-order chi connectivity index (χ0) is 11.1. The van der Waals surface area contributed by atoms with Crippen molar-refractivity contribution in [1.29, 1.82) is 0 Å². The minimum Gasteiger partial charge on any atom is -0.396 e. The smallest absolute Gasteiger partial charge is 0.135 e. The summed E-state index contributed by atoms with van der Waals surface area (Å²) in [5.41, 5.74) is 7.39. The summed E-state index contributed by atoms with van der Waals surface area (Å²) in [6, 6.07) is 3.22. The molecule has 3 rings (SSSR count). The second kappa shape index (κ2) is 3.31. The minimum absolute atomic E-state index is 0.324. The van der Waals surface area contributed by atoms with Crippen molar-refractivity contribution in [3.63, 3.8) is 0 Å². The molecule has 80 valence electrons.